The first-order valence-electron chi connectivity index (χ1n) is 2.43. The van der Waals surface area contributed by atoms with Gasteiger partial charge in [-0.05, 0) is 22.0 Å². The second kappa shape index (κ2) is 2.75. The van der Waals surface area contributed by atoms with Gasteiger partial charge in [0.25, 0.3) is 0 Å². The van der Waals surface area contributed by atoms with Gasteiger partial charge < -0.3 is 0 Å². The molecule has 0 aromatic carbocycles. The summed E-state index contributed by atoms with van der Waals surface area (Å²) in [5.41, 5.74) is -1.21. The second-order valence-corrected chi connectivity index (χ2v) is 4.12. The van der Waals surface area contributed by atoms with E-state index in [-0.39, 0.29) is 3.79 Å². The minimum atomic E-state index is -4.59. The summed E-state index contributed by atoms with van der Waals surface area (Å²) in [7, 11) is 0. The van der Waals surface area contributed by atoms with Crippen LogP contribution in [0.15, 0.2) is 9.85 Å². The van der Waals surface area contributed by atoms with Crippen LogP contribution in [0.25, 0.3) is 0 Å². The Morgan fingerprint density at radius 1 is 1.36 bits per heavy atom. The summed E-state index contributed by atoms with van der Waals surface area (Å²) in [6.45, 7) is 0. The Morgan fingerprint density at radius 2 is 1.91 bits per heavy atom. The largest absolute Gasteiger partial charge is 0.420 e. The molecule has 1 heterocycles. The summed E-state index contributed by atoms with van der Waals surface area (Å²) >= 11 is 3.18. The van der Waals surface area contributed by atoms with Crippen molar-refractivity contribution < 1.29 is 17.6 Å². The Labute approximate surface area is 72.0 Å². The van der Waals surface area contributed by atoms with E-state index in [2.05, 4.69) is 15.9 Å². The van der Waals surface area contributed by atoms with Gasteiger partial charge in [0.05, 0.1) is 3.79 Å². The van der Waals surface area contributed by atoms with Gasteiger partial charge in [0.15, 0.2) is 5.13 Å². The minimum Gasteiger partial charge on any atom is -0.194 e. The maximum atomic E-state index is 12.4. The lowest BCUT2D eigenvalue weighted by Crippen LogP contribution is -2.04. The predicted octanol–water partition coefficient (Wildman–Crippen LogP) is 3.67. The monoisotopic (exact) mass is 248 g/mol. The predicted molar refractivity (Wildman–Crippen MR) is 37.0 cm³/mol. The van der Waals surface area contributed by atoms with Crippen LogP contribution in [0.5, 0.6) is 0 Å². The van der Waals surface area contributed by atoms with Gasteiger partial charge in [-0.3, -0.25) is 0 Å². The fourth-order valence-electron chi connectivity index (χ4n) is 0.534. The van der Waals surface area contributed by atoms with E-state index in [4.69, 9.17) is 0 Å². The van der Waals surface area contributed by atoms with Crippen molar-refractivity contribution in [2.75, 3.05) is 0 Å². The highest BCUT2D eigenvalue weighted by Gasteiger charge is 2.35. The smallest absolute Gasteiger partial charge is 0.194 e. The van der Waals surface area contributed by atoms with Gasteiger partial charge in [0.1, 0.15) is 5.56 Å². The summed E-state index contributed by atoms with van der Waals surface area (Å²) in [6.07, 6.45) is -4.59. The third kappa shape index (κ3) is 1.93. The summed E-state index contributed by atoms with van der Waals surface area (Å²) in [4.78, 5) is 0. The molecule has 0 radical (unpaired) electrons. The summed E-state index contributed by atoms with van der Waals surface area (Å²) in [5, 5.41) is -1.20. The van der Waals surface area contributed by atoms with Crippen LogP contribution in [0, 0.1) is 5.13 Å². The van der Waals surface area contributed by atoms with Crippen molar-refractivity contribution >= 4 is 27.3 Å². The molecule has 0 saturated heterocycles. The molecule has 0 unspecified atom stereocenters. The van der Waals surface area contributed by atoms with E-state index in [1.807, 2.05) is 0 Å². The van der Waals surface area contributed by atoms with Gasteiger partial charge in [0.2, 0.25) is 0 Å². The van der Waals surface area contributed by atoms with Crippen LogP contribution in [-0.4, -0.2) is 0 Å². The normalized spacial score (nSPS) is 12.1. The van der Waals surface area contributed by atoms with Gasteiger partial charge in [0, 0.05) is 0 Å². The van der Waals surface area contributed by atoms with Crippen molar-refractivity contribution in [3.63, 3.8) is 0 Å². The van der Waals surface area contributed by atoms with Crippen molar-refractivity contribution in [3.05, 3.63) is 20.5 Å². The first-order chi connectivity index (χ1) is 4.91. The zero-order valence-electron chi connectivity index (χ0n) is 4.88. The molecule has 0 aliphatic carbocycles. The van der Waals surface area contributed by atoms with E-state index in [0.717, 1.165) is 6.07 Å². The quantitative estimate of drug-likeness (QED) is 0.615. The second-order valence-electron chi connectivity index (χ2n) is 1.74. The lowest BCUT2D eigenvalue weighted by molar-refractivity contribution is -0.139. The van der Waals surface area contributed by atoms with E-state index in [0.29, 0.717) is 11.3 Å². The molecule has 62 valence electrons. The molecule has 0 N–H and O–H groups in total. The van der Waals surface area contributed by atoms with Crippen LogP contribution in [0.4, 0.5) is 17.6 Å². The Balaban J connectivity index is 3.13. The van der Waals surface area contributed by atoms with Gasteiger partial charge in [-0.25, -0.2) is 0 Å². The zero-order valence-corrected chi connectivity index (χ0v) is 7.28. The molecule has 0 aliphatic rings. The Bertz CT molecular complexity index is 264. The standard InChI is InChI=1S/C5HBrF4S/c6-3-1-2(4(7)11-3)5(8,9)10/h1H. The van der Waals surface area contributed by atoms with Crippen LogP contribution in [0.3, 0.4) is 0 Å². The van der Waals surface area contributed by atoms with Crippen molar-refractivity contribution in [1.29, 1.82) is 0 Å². The summed E-state index contributed by atoms with van der Waals surface area (Å²) in [6, 6.07) is 0.722. The minimum absolute atomic E-state index is 0.141. The van der Waals surface area contributed by atoms with Crippen molar-refractivity contribution in [2.45, 2.75) is 6.18 Å². The maximum absolute atomic E-state index is 12.4. The van der Waals surface area contributed by atoms with Crippen molar-refractivity contribution in [2.24, 2.45) is 0 Å². The molecular formula is C5HBrF4S. The first-order valence-corrected chi connectivity index (χ1v) is 4.04. The third-order valence-electron chi connectivity index (χ3n) is 0.962. The van der Waals surface area contributed by atoms with Crippen LogP contribution < -0.4 is 0 Å². The highest BCUT2D eigenvalue weighted by atomic mass is 79.9. The van der Waals surface area contributed by atoms with E-state index in [1.54, 1.807) is 0 Å². The van der Waals surface area contributed by atoms with Crippen LogP contribution in [0.2, 0.25) is 0 Å². The summed E-state index contributed by atoms with van der Waals surface area (Å²) in [5.74, 6) is 0. The molecule has 1 aromatic heterocycles. The fraction of sp³-hybridized carbons (Fsp3) is 0.200. The first kappa shape index (κ1) is 8.99. The molecule has 0 amide bonds. The molecule has 0 bridgehead atoms. The molecule has 6 heteroatoms. The number of hydrogen-bond acceptors (Lipinski definition) is 1. The summed E-state index contributed by atoms with van der Waals surface area (Å²) < 4.78 is 47.9. The van der Waals surface area contributed by atoms with Gasteiger partial charge in [-0.2, -0.15) is 17.6 Å². The van der Waals surface area contributed by atoms with Crippen molar-refractivity contribution in [3.8, 4) is 0 Å². The average molecular weight is 249 g/mol. The third-order valence-corrected chi connectivity index (χ3v) is 2.39. The number of halogens is 5. The van der Waals surface area contributed by atoms with E-state index in [1.165, 1.54) is 0 Å². The lowest BCUT2D eigenvalue weighted by atomic mass is 10.3. The number of rotatable bonds is 0. The average Bonchev–Trinajstić information content (AvgIpc) is 2.08. The number of hydrogen-bond donors (Lipinski definition) is 0. The Kier molecular flexibility index (Phi) is 2.24. The Morgan fingerprint density at radius 3 is 2.09 bits per heavy atom. The fourth-order valence-corrected chi connectivity index (χ4v) is 1.82. The van der Waals surface area contributed by atoms with Crippen LogP contribution in [0.1, 0.15) is 5.56 Å². The molecule has 0 atom stereocenters. The topological polar surface area (TPSA) is 0 Å². The highest BCUT2D eigenvalue weighted by Crippen LogP contribution is 2.37. The molecule has 11 heavy (non-hydrogen) atoms. The molecular weight excluding hydrogens is 248 g/mol. The van der Waals surface area contributed by atoms with Gasteiger partial charge in [-0.15, -0.1) is 0 Å². The molecule has 0 saturated carbocycles. The van der Waals surface area contributed by atoms with E-state index < -0.39 is 16.9 Å². The lowest BCUT2D eigenvalue weighted by Gasteiger charge is -2.01. The van der Waals surface area contributed by atoms with Crippen LogP contribution >= 0.6 is 27.3 Å². The van der Waals surface area contributed by atoms with Crippen LogP contribution in [-0.2, 0) is 6.18 Å². The molecule has 1 rings (SSSR count). The molecule has 0 fully saturated rings. The van der Waals surface area contributed by atoms with Gasteiger partial charge in [-0.1, -0.05) is 11.3 Å². The van der Waals surface area contributed by atoms with Crippen molar-refractivity contribution in [1.82, 2.24) is 0 Å². The molecule has 0 spiro atoms. The molecule has 0 aliphatic heterocycles. The van der Waals surface area contributed by atoms with E-state index in [9.17, 15) is 17.6 Å². The maximum Gasteiger partial charge on any atom is 0.420 e. The molecule has 0 nitrogen and oxygen atoms in total. The number of thiophene rings is 1. The van der Waals surface area contributed by atoms with Gasteiger partial charge >= 0.3 is 6.18 Å². The number of alkyl halides is 3. The molecule has 1 aromatic rings. The Hall–Kier alpha value is -0.100. The zero-order chi connectivity index (χ0) is 8.65. The highest BCUT2D eigenvalue weighted by molar-refractivity contribution is 9.11. The SMILES string of the molecule is Fc1sc(Br)cc1C(F)(F)F. The van der Waals surface area contributed by atoms with E-state index >= 15 is 0 Å².